The van der Waals surface area contributed by atoms with Crippen molar-refractivity contribution >= 4 is 5.84 Å². The van der Waals surface area contributed by atoms with Gasteiger partial charge >= 0.3 is 0 Å². The summed E-state index contributed by atoms with van der Waals surface area (Å²) >= 11 is 0. The first kappa shape index (κ1) is 13.4. The molecule has 0 aromatic carbocycles. The first-order chi connectivity index (χ1) is 6.35. The Morgan fingerprint density at radius 1 is 1.50 bits per heavy atom. The average molecular weight is 202 g/mol. The van der Waals surface area contributed by atoms with Crippen LogP contribution < -0.4 is 5.32 Å². The van der Waals surface area contributed by atoms with Crippen LogP contribution in [0.3, 0.4) is 0 Å². The maximum Gasteiger partial charge on any atom is 0.112 e. The number of nitrogens with zero attached hydrogens (tertiary/aromatic N) is 1. The van der Waals surface area contributed by atoms with Crippen molar-refractivity contribution in [3.05, 3.63) is 0 Å². The van der Waals surface area contributed by atoms with Gasteiger partial charge in [0.1, 0.15) is 5.67 Å². The van der Waals surface area contributed by atoms with Crippen LogP contribution in [-0.2, 0) is 0 Å². The summed E-state index contributed by atoms with van der Waals surface area (Å²) in [7, 11) is 1.73. The van der Waals surface area contributed by atoms with Gasteiger partial charge in [-0.05, 0) is 27.2 Å². The third kappa shape index (κ3) is 3.64. The number of hydrogen-bond donors (Lipinski definition) is 1. The molecule has 0 saturated carbocycles. The van der Waals surface area contributed by atoms with Crippen LogP contribution in [0.1, 0.15) is 41.0 Å². The van der Waals surface area contributed by atoms with E-state index in [2.05, 4.69) is 10.3 Å². The lowest BCUT2D eigenvalue weighted by Gasteiger charge is -2.32. The van der Waals surface area contributed by atoms with Crippen molar-refractivity contribution < 1.29 is 4.39 Å². The predicted octanol–water partition coefficient (Wildman–Crippen LogP) is 2.79. The van der Waals surface area contributed by atoms with Crippen molar-refractivity contribution in [3.8, 4) is 0 Å². The minimum atomic E-state index is -1.11. The molecule has 0 spiro atoms. The first-order valence-electron chi connectivity index (χ1n) is 5.24. The fourth-order valence-electron chi connectivity index (χ4n) is 1.36. The molecule has 3 atom stereocenters. The zero-order valence-corrected chi connectivity index (χ0v) is 10.2. The molecule has 3 heteroatoms. The van der Waals surface area contributed by atoms with Gasteiger partial charge < -0.3 is 5.32 Å². The number of amidine groups is 1. The molecule has 0 saturated heterocycles. The lowest BCUT2D eigenvalue weighted by molar-refractivity contribution is 0.0899. The van der Waals surface area contributed by atoms with E-state index in [1.807, 2.05) is 27.7 Å². The Morgan fingerprint density at radius 3 is 2.36 bits per heavy atom. The van der Waals surface area contributed by atoms with E-state index in [1.54, 1.807) is 14.0 Å². The number of halogens is 1. The lowest BCUT2D eigenvalue weighted by Crippen LogP contribution is -2.44. The Kier molecular flexibility index (Phi) is 5.09. The second kappa shape index (κ2) is 5.32. The van der Waals surface area contributed by atoms with Gasteiger partial charge in [0.15, 0.2) is 0 Å². The Labute approximate surface area is 87.0 Å². The molecule has 0 fully saturated rings. The third-order valence-electron chi connectivity index (χ3n) is 3.16. The van der Waals surface area contributed by atoms with Gasteiger partial charge in [0.2, 0.25) is 0 Å². The van der Waals surface area contributed by atoms with E-state index in [1.165, 1.54) is 0 Å². The van der Waals surface area contributed by atoms with Crippen LogP contribution >= 0.6 is 0 Å². The molecule has 0 radical (unpaired) electrons. The third-order valence-corrected chi connectivity index (χ3v) is 3.16. The zero-order chi connectivity index (χ0) is 11.4. The molecule has 0 heterocycles. The van der Waals surface area contributed by atoms with E-state index in [0.717, 1.165) is 5.84 Å². The predicted molar refractivity (Wildman–Crippen MR) is 60.6 cm³/mol. The van der Waals surface area contributed by atoms with Crippen molar-refractivity contribution in [2.45, 2.75) is 52.8 Å². The topological polar surface area (TPSA) is 24.4 Å². The molecule has 0 bridgehead atoms. The molecule has 0 aliphatic carbocycles. The molecule has 1 N–H and O–H groups in total. The lowest BCUT2D eigenvalue weighted by atomic mass is 9.85. The van der Waals surface area contributed by atoms with Crippen LogP contribution in [0.5, 0.6) is 0 Å². The van der Waals surface area contributed by atoms with Crippen molar-refractivity contribution in [1.29, 1.82) is 0 Å². The van der Waals surface area contributed by atoms with Crippen LogP contribution in [-0.4, -0.2) is 24.6 Å². The maximum absolute atomic E-state index is 13.9. The van der Waals surface area contributed by atoms with E-state index in [9.17, 15) is 4.39 Å². The number of nitrogens with one attached hydrogen (secondary N) is 1. The first-order valence-corrected chi connectivity index (χ1v) is 5.24. The minimum absolute atomic E-state index is 0.0239. The normalized spacial score (nSPS) is 21.2. The summed E-state index contributed by atoms with van der Waals surface area (Å²) in [4.78, 5) is 4.00. The van der Waals surface area contributed by atoms with Crippen molar-refractivity contribution in [2.24, 2.45) is 10.9 Å². The van der Waals surface area contributed by atoms with Crippen LogP contribution in [0.25, 0.3) is 0 Å². The highest BCUT2D eigenvalue weighted by atomic mass is 19.1. The second-order valence-corrected chi connectivity index (χ2v) is 4.16. The molecule has 0 amide bonds. The SMILES string of the molecule is CCC(C)(F)C(C)[C@@H](C)NC(C)=NC. The summed E-state index contributed by atoms with van der Waals surface area (Å²) in [6.07, 6.45) is 0.544. The van der Waals surface area contributed by atoms with E-state index in [-0.39, 0.29) is 12.0 Å². The van der Waals surface area contributed by atoms with Gasteiger partial charge in [-0.25, -0.2) is 4.39 Å². The zero-order valence-electron chi connectivity index (χ0n) is 10.2. The van der Waals surface area contributed by atoms with Crippen LogP contribution in [0.15, 0.2) is 4.99 Å². The molecule has 84 valence electrons. The summed E-state index contributed by atoms with van der Waals surface area (Å²) in [5.74, 6) is 0.834. The molecule has 14 heavy (non-hydrogen) atoms. The van der Waals surface area contributed by atoms with Crippen molar-refractivity contribution in [1.82, 2.24) is 5.32 Å². The fraction of sp³-hybridized carbons (Fsp3) is 0.909. The summed E-state index contributed by atoms with van der Waals surface area (Å²) in [6, 6.07) is 0.105. The standard InChI is InChI=1S/C11H23FN2/c1-7-11(5,12)8(2)9(3)14-10(4)13-6/h8-9H,7H2,1-6H3,(H,13,14)/t8?,9-,11?/m1/s1. The Bertz CT molecular complexity index is 199. The molecule has 2 nitrogen and oxygen atoms in total. The minimum Gasteiger partial charge on any atom is -0.371 e. The van der Waals surface area contributed by atoms with Crippen LogP contribution in [0.4, 0.5) is 4.39 Å². The number of rotatable bonds is 4. The molecule has 2 unspecified atom stereocenters. The molecule has 0 aromatic heterocycles. The Morgan fingerprint density at radius 2 is 2.00 bits per heavy atom. The van der Waals surface area contributed by atoms with Gasteiger partial charge in [0.05, 0.1) is 5.84 Å². The highest BCUT2D eigenvalue weighted by Crippen LogP contribution is 2.27. The van der Waals surface area contributed by atoms with E-state index in [0.29, 0.717) is 6.42 Å². The van der Waals surface area contributed by atoms with Gasteiger partial charge in [0.25, 0.3) is 0 Å². The van der Waals surface area contributed by atoms with Crippen LogP contribution in [0, 0.1) is 5.92 Å². The fourth-order valence-corrected chi connectivity index (χ4v) is 1.36. The second-order valence-electron chi connectivity index (χ2n) is 4.16. The average Bonchev–Trinajstić information content (AvgIpc) is 2.16. The summed E-state index contributed by atoms with van der Waals surface area (Å²) in [5.41, 5.74) is -1.11. The van der Waals surface area contributed by atoms with Gasteiger partial charge in [-0.1, -0.05) is 13.8 Å². The summed E-state index contributed by atoms with van der Waals surface area (Å²) < 4.78 is 13.9. The summed E-state index contributed by atoms with van der Waals surface area (Å²) in [5, 5.41) is 3.18. The number of alkyl halides is 1. The monoisotopic (exact) mass is 202 g/mol. The smallest absolute Gasteiger partial charge is 0.112 e. The molecule has 0 aromatic rings. The van der Waals surface area contributed by atoms with Gasteiger partial charge in [-0.15, -0.1) is 0 Å². The maximum atomic E-state index is 13.9. The highest BCUT2D eigenvalue weighted by molar-refractivity contribution is 5.79. The van der Waals surface area contributed by atoms with E-state index < -0.39 is 5.67 Å². The van der Waals surface area contributed by atoms with Gasteiger partial charge in [0, 0.05) is 19.0 Å². The highest BCUT2D eigenvalue weighted by Gasteiger charge is 2.32. The molecule has 0 aliphatic rings. The largest absolute Gasteiger partial charge is 0.371 e. The molecule has 0 rings (SSSR count). The molecular weight excluding hydrogens is 179 g/mol. The van der Waals surface area contributed by atoms with Gasteiger partial charge in [-0.3, -0.25) is 4.99 Å². The number of aliphatic imine (C=N–C) groups is 1. The quantitative estimate of drug-likeness (QED) is 0.550. The molecule has 0 aliphatic heterocycles. The number of hydrogen-bond acceptors (Lipinski definition) is 1. The van der Waals surface area contributed by atoms with Gasteiger partial charge in [-0.2, -0.15) is 0 Å². The molecular formula is C11H23FN2. The van der Waals surface area contributed by atoms with Crippen molar-refractivity contribution in [2.75, 3.05) is 7.05 Å². The van der Waals surface area contributed by atoms with E-state index in [4.69, 9.17) is 0 Å². The Balaban J connectivity index is 4.32. The van der Waals surface area contributed by atoms with Crippen molar-refractivity contribution in [3.63, 3.8) is 0 Å². The van der Waals surface area contributed by atoms with E-state index >= 15 is 0 Å². The summed E-state index contributed by atoms with van der Waals surface area (Å²) in [6.45, 7) is 9.36. The van der Waals surface area contributed by atoms with Crippen LogP contribution in [0.2, 0.25) is 0 Å². The Hall–Kier alpha value is -0.600.